The topological polar surface area (TPSA) is 55.1 Å². The summed E-state index contributed by atoms with van der Waals surface area (Å²) in [5.41, 5.74) is 5.52. The van der Waals surface area contributed by atoms with Crippen LogP contribution in [0.1, 0.15) is 26.7 Å². The fourth-order valence-electron chi connectivity index (χ4n) is 1.43. The van der Waals surface area contributed by atoms with Crippen LogP contribution in [-0.2, 0) is 4.79 Å². The van der Waals surface area contributed by atoms with Crippen molar-refractivity contribution in [1.82, 2.24) is 0 Å². The lowest BCUT2D eigenvalue weighted by molar-refractivity contribution is -0.121. The Morgan fingerprint density at radius 1 is 1.29 bits per heavy atom. The maximum Gasteiger partial charge on any atom is 0.244 e. The minimum Gasteiger partial charge on any atom is -0.322 e. The molecular weight excluding hydrogens is 259 g/mol. The van der Waals surface area contributed by atoms with Crippen LogP contribution in [0.15, 0.2) is 18.2 Å². The lowest BCUT2D eigenvalue weighted by Gasteiger charge is -2.25. The number of benzene rings is 1. The summed E-state index contributed by atoms with van der Waals surface area (Å²) in [6.45, 7) is 3.74. The number of hydrogen-bond acceptors (Lipinski definition) is 2. The van der Waals surface area contributed by atoms with Crippen molar-refractivity contribution < 1.29 is 4.79 Å². The number of nitrogens with one attached hydrogen (secondary N) is 1. The summed E-state index contributed by atoms with van der Waals surface area (Å²) in [5.74, 6) is -0.266. The molecule has 0 saturated carbocycles. The molecule has 1 rings (SSSR count). The first-order chi connectivity index (χ1) is 7.94. The number of para-hydroxylation sites is 1. The summed E-state index contributed by atoms with van der Waals surface area (Å²) < 4.78 is 0. The van der Waals surface area contributed by atoms with Crippen LogP contribution in [0.25, 0.3) is 0 Å². The third kappa shape index (κ3) is 3.12. The maximum absolute atomic E-state index is 12.0. The van der Waals surface area contributed by atoms with Gasteiger partial charge in [0, 0.05) is 0 Å². The first-order valence-electron chi connectivity index (χ1n) is 5.49. The number of anilines is 1. The zero-order chi connectivity index (χ0) is 13.1. The van der Waals surface area contributed by atoms with E-state index in [1.807, 2.05) is 13.8 Å². The molecule has 0 aliphatic carbocycles. The molecule has 0 aliphatic heterocycles. The second kappa shape index (κ2) is 5.71. The van der Waals surface area contributed by atoms with E-state index >= 15 is 0 Å². The van der Waals surface area contributed by atoms with Crippen LogP contribution in [0.5, 0.6) is 0 Å². The van der Waals surface area contributed by atoms with Crippen LogP contribution < -0.4 is 11.1 Å². The van der Waals surface area contributed by atoms with Gasteiger partial charge in [0.1, 0.15) is 0 Å². The van der Waals surface area contributed by atoms with Gasteiger partial charge in [-0.15, -0.1) is 0 Å². The van der Waals surface area contributed by atoms with Crippen molar-refractivity contribution in [1.29, 1.82) is 0 Å². The van der Waals surface area contributed by atoms with E-state index < -0.39 is 5.54 Å². The molecule has 0 aromatic heterocycles. The molecule has 5 heteroatoms. The second-order valence-electron chi connectivity index (χ2n) is 3.91. The number of nitrogens with two attached hydrogens (primary N) is 1. The van der Waals surface area contributed by atoms with Crippen LogP contribution in [0.4, 0.5) is 5.69 Å². The molecule has 94 valence electrons. The Bertz CT molecular complexity index is 397. The molecule has 0 atom stereocenters. The zero-order valence-electron chi connectivity index (χ0n) is 9.89. The summed E-state index contributed by atoms with van der Waals surface area (Å²) in [6, 6.07) is 5.05. The summed E-state index contributed by atoms with van der Waals surface area (Å²) in [6.07, 6.45) is 1.11. The van der Waals surface area contributed by atoms with Gasteiger partial charge in [-0.2, -0.15) is 0 Å². The van der Waals surface area contributed by atoms with Crippen molar-refractivity contribution in [3.05, 3.63) is 28.2 Å². The summed E-state index contributed by atoms with van der Waals surface area (Å²) >= 11 is 11.9. The van der Waals surface area contributed by atoms with Gasteiger partial charge in [-0.05, 0) is 25.0 Å². The number of halogens is 2. The summed E-state index contributed by atoms with van der Waals surface area (Å²) in [4.78, 5) is 12.0. The predicted molar refractivity (Wildman–Crippen MR) is 72.6 cm³/mol. The average Bonchev–Trinajstić information content (AvgIpc) is 2.32. The Morgan fingerprint density at radius 3 is 2.18 bits per heavy atom. The molecule has 1 aromatic rings. The van der Waals surface area contributed by atoms with E-state index in [1.54, 1.807) is 18.2 Å². The van der Waals surface area contributed by atoms with Gasteiger partial charge in [-0.25, -0.2) is 0 Å². The summed E-state index contributed by atoms with van der Waals surface area (Å²) in [7, 11) is 0. The highest BCUT2D eigenvalue weighted by atomic mass is 35.5. The van der Waals surface area contributed by atoms with Crippen LogP contribution in [0.2, 0.25) is 10.0 Å². The SMILES string of the molecule is CCC(N)(CC)C(=O)Nc1c(Cl)cccc1Cl. The van der Waals surface area contributed by atoms with Crippen molar-refractivity contribution in [3.8, 4) is 0 Å². The van der Waals surface area contributed by atoms with E-state index in [2.05, 4.69) is 5.32 Å². The van der Waals surface area contributed by atoms with E-state index in [-0.39, 0.29) is 5.91 Å². The molecule has 0 fully saturated rings. The van der Waals surface area contributed by atoms with Gasteiger partial charge in [0.15, 0.2) is 0 Å². The highest BCUT2D eigenvalue weighted by Crippen LogP contribution is 2.30. The lowest BCUT2D eigenvalue weighted by Crippen LogP contribution is -2.50. The van der Waals surface area contributed by atoms with Gasteiger partial charge in [-0.3, -0.25) is 4.79 Å². The van der Waals surface area contributed by atoms with Crippen molar-refractivity contribution in [2.75, 3.05) is 5.32 Å². The van der Waals surface area contributed by atoms with E-state index in [1.165, 1.54) is 0 Å². The predicted octanol–water partition coefficient (Wildman–Crippen LogP) is 3.45. The normalized spacial score (nSPS) is 11.4. The maximum atomic E-state index is 12.0. The molecule has 17 heavy (non-hydrogen) atoms. The zero-order valence-corrected chi connectivity index (χ0v) is 11.4. The third-order valence-corrected chi connectivity index (χ3v) is 3.55. The van der Waals surface area contributed by atoms with Crippen molar-refractivity contribution in [2.45, 2.75) is 32.2 Å². The Kier molecular flexibility index (Phi) is 4.80. The molecule has 0 heterocycles. The molecule has 0 aliphatic rings. The second-order valence-corrected chi connectivity index (χ2v) is 4.73. The van der Waals surface area contributed by atoms with Crippen LogP contribution in [0.3, 0.4) is 0 Å². The van der Waals surface area contributed by atoms with Crippen molar-refractivity contribution in [3.63, 3.8) is 0 Å². The minimum atomic E-state index is -0.886. The minimum absolute atomic E-state index is 0.266. The van der Waals surface area contributed by atoms with Crippen LogP contribution in [0, 0.1) is 0 Å². The number of carbonyl (C=O) groups excluding carboxylic acids is 1. The van der Waals surface area contributed by atoms with Gasteiger partial charge >= 0.3 is 0 Å². The first-order valence-corrected chi connectivity index (χ1v) is 6.24. The highest BCUT2D eigenvalue weighted by Gasteiger charge is 2.30. The lowest BCUT2D eigenvalue weighted by atomic mass is 9.93. The largest absolute Gasteiger partial charge is 0.322 e. The van der Waals surface area contributed by atoms with E-state index in [4.69, 9.17) is 28.9 Å². The Morgan fingerprint density at radius 2 is 1.76 bits per heavy atom. The molecule has 0 spiro atoms. The van der Waals surface area contributed by atoms with Gasteiger partial charge in [0.25, 0.3) is 0 Å². The molecule has 0 bridgehead atoms. The van der Waals surface area contributed by atoms with Gasteiger partial charge in [0.2, 0.25) is 5.91 Å². The highest BCUT2D eigenvalue weighted by molar-refractivity contribution is 6.39. The number of rotatable bonds is 4. The molecular formula is C12H16Cl2N2O. The molecule has 3 nitrogen and oxygen atoms in total. The quantitative estimate of drug-likeness (QED) is 0.884. The number of amides is 1. The Labute approximate surface area is 111 Å². The molecule has 0 saturated heterocycles. The van der Waals surface area contributed by atoms with Gasteiger partial charge in [-0.1, -0.05) is 43.1 Å². The fraction of sp³-hybridized carbons (Fsp3) is 0.417. The molecule has 1 aromatic carbocycles. The van der Waals surface area contributed by atoms with Crippen LogP contribution in [-0.4, -0.2) is 11.4 Å². The number of carbonyl (C=O) groups is 1. The molecule has 0 radical (unpaired) electrons. The monoisotopic (exact) mass is 274 g/mol. The van der Waals surface area contributed by atoms with Gasteiger partial charge < -0.3 is 11.1 Å². The van der Waals surface area contributed by atoms with Crippen LogP contribution >= 0.6 is 23.2 Å². The third-order valence-electron chi connectivity index (χ3n) is 2.92. The van der Waals surface area contributed by atoms with Gasteiger partial charge in [0.05, 0.1) is 21.3 Å². The molecule has 3 N–H and O–H groups in total. The molecule has 0 unspecified atom stereocenters. The smallest absolute Gasteiger partial charge is 0.244 e. The Hall–Kier alpha value is -0.770. The summed E-state index contributed by atoms with van der Waals surface area (Å²) in [5, 5.41) is 3.50. The number of hydrogen-bond donors (Lipinski definition) is 2. The van der Waals surface area contributed by atoms with Crippen molar-refractivity contribution in [2.24, 2.45) is 5.73 Å². The standard InChI is InChI=1S/C12H16Cl2N2O/c1-3-12(15,4-2)11(17)16-10-8(13)6-5-7-9(10)14/h5-7H,3-4,15H2,1-2H3,(H,16,17). The fourth-order valence-corrected chi connectivity index (χ4v) is 1.92. The Balaban J connectivity index is 2.96. The molecule has 1 amide bonds. The average molecular weight is 275 g/mol. The first kappa shape index (κ1) is 14.3. The van der Waals surface area contributed by atoms with E-state index in [0.717, 1.165) is 0 Å². The van der Waals surface area contributed by atoms with E-state index in [0.29, 0.717) is 28.6 Å². The van der Waals surface area contributed by atoms with E-state index in [9.17, 15) is 4.79 Å². The van der Waals surface area contributed by atoms with Crippen molar-refractivity contribution >= 4 is 34.8 Å².